The quantitative estimate of drug-likeness (QED) is 0.736. The molecule has 0 saturated carbocycles. The SMILES string of the molecule is C=C(C)C1=CN2CC(C#CC/C(F)=C(/N3CCN(C)C3)CNC(C)C2C)C1=O. The summed E-state index contributed by atoms with van der Waals surface area (Å²) >= 11 is 0. The lowest BCUT2D eigenvalue weighted by Gasteiger charge is -2.38. The zero-order valence-corrected chi connectivity index (χ0v) is 17.4. The van der Waals surface area contributed by atoms with Gasteiger partial charge in [0.15, 0.2) is 5.78 Å². The molecule has 1 fully saturated rings. The number of carbonyl (C=O) groups excluding carboxylic acids is 1. The predicted octanol–water partition coefficient (Wildman–Crippen LogP) is 2.11. The highest BCUT2D eigenvalue weighted by molar-refractivity contribution is 6.03. The van der Waals surface area contributed by atoms with E-state index in [1.54, 1.807) is 0 Å². The van der Waals surface area contributed by atoms with Gasteiger partial charge in [-0.15, -0.1) is 0 Å². The number of halogens is 1. The first kappa shape index (κ1) is 20.6. The lowest BCUT2D eigenvalue weighted by molar-refractivity contribution is -0.118. The molecule has 1 N–H and O–H groups in total. The molecular formula is C22H31FN4O. The summed E-state index contributed by atoms with van der Waals surface area (Å²) in [5.41, 5.74) is 2.05. The Morgan fingerprint density at radius 3 is 2.75 bits per heavy atom. The van der Waals surface area contributed by atoms with Gasteiger partial charge in [-0.1, -0.05) is 18.4 Å². The van der Waals surface area contributed by atoms with E-state index in [9.17, 15) is 4.79 Å². The minimum atomic E-state index is -0.444. The van der Waals surface area contributed by atoms with Gasteiger partial charge in [0.05, 0.1) is 18.8 Å². The number of hydrogen-bond acceptors (Lipinski definition) is 5. The van der Waals surface area contributed by atoms with Crippen molar-refractivity contribution in [3.63, 3.8) is 0 Å². The highest BCUT2D eigenvalue weighted by Crippen LogP contribution is 2.25. The Bertz CT molecular complexity index is 775. The number of carbonyl (C=O) groups is 1. The molecule has 5 nitrogen and oxygen atoms in total. The van der Waals surface area contributed by atoms with Crippen molar-refractivity contribution in [1.29, 1.82) is 0 Å². The maximum atomic E-state index is 15.0. The summed E-state index contributed by atoms with van der Waals surface area (Å²) in [7, 11) is 2.04. The van der Waals surface area contributed by atoms with Crippen molar-refractivity contribution in [2.24, 2.45) is 5.92 Å². The minimum absolute atomic E-state index is 0.00750. The molecule has 0 aromatic rings. The summed E-state index contributed by atoms with van der Waals surface area (Å²) in [6.07, 6.45) is 1.96. The zero-order chi connectivity index (χ0) is 20.4. The molecule has 0 aliphatic carbocycles. The Hall–Kier alpha value is -2.10. The molecule has 2 bridgehead atoms. The maximum absolute atomic E-state index is 15.0. The van der Waals surface area contributed by atoms with Crippen LogP contribution in [0.1, 0.15) is 27.2 Å². The maximum Gasteiger partial charge on any atom is 0.181 e. The Balaban J connectivity index is 1.93. The van der Waals surface area contributed by atoms with E-state index in [-0.39, 0.29) is 30.1 Å². The molecule has 0 amide bonds. The zero-order valence-electron chi connectivity index (χ0n) is 17.4. The first-order valence-electron chi connectivity index (χ1n) is 9.98. The van der Waals surface area contributed by atoms with Crippen LogP contribution in [-0.2, 0) is 4.79 Å². The van der Waals surface area contributed by atoms with Gasteiger partial charge >= 0.3 is 0 Å². The van der Waals surface area contributed by atoms with Gasteiger partial charge in [-0.05, 0) is 33.4 Å². The van der Waals surface area contributed by atoms with Crippen molar-refractivity contribution < 1.29 is 9.18 Å². The molecule has 0 spiro atoms. The van der Waals surface area contributed by atoms with Crippen LogP contribution >= 0.6 is 0 Å². The van der Waals surface area contributed by atoms with Crippen molar-refractivity contribution in [3.05, 3.63) is 35.4 Å². The Morgan fingerprint density at radius 1 is 1.36 bits per heavy atom. The number of likely N-dealkylation sites (N-methyl/N-ethyl adjacent to an activating group) is 1. The summed E-state index contributed by atoms with van der Waals surface area (Å²) in [6.45, 7) is 13.5. The molecule has 0 aromatic carbocycles. The predicted molar refractivity (Wildman–Crippen MR) is 110 cm³/mol. The van der Waals surface area contributed by atoms with E-state index in [1.807, 2.05) is 20.2 Å². The fourth-order valence-electron chi connectivity index (χ4n) is 3.87. The lowest BCUT2D eigenvalue weighted by Crippen LogP contribution is -2.50. The largest absolute Gasteiger partial charge is 0.371 e. The number of nitrogens with one attached hydrogen (secondary N) is 1. The van der Waals surface area contributed by atoms with Crippen molar-refractivity contribution >= 4 is 5.78 Å². The first-order valence-corrected chi connectivity index (χ1v) is 9.98. The normalized spacial score (nSPS) is 32.2. The third-order valence-electron chi connectivity index (χ3n) is 5.95. The molecule has 3 atom stereocenters. The summed E-state index contributed by atoms with van der Waals surface area (Å²) in [5, 5.41) is 3.50. The van der Waals surface area contributed by atoms with E-state index in [0.717, 1.165) is 25.3 Å². The summed E-state index contributed by atoms with van der Waals surface area (Å²) in [5.74, 6) is 5.32. The lowest BCUT2D eigenvalue weighted by atomic mass is 9.89. The number of Topliss-reactive ketones (excluding diaryl/α,β-unsaturated/α-hetero) is 1. The monoisotopic (exact) mass is 386 g/mol. The van der Waals surface area contributed by atoms with Crippen LogP contribution < -0.4 is 5.32 Å². The van der Waals surface area contributed by atoms with E-state index in [4.69, 9.17) is 0 Å². The van der Waals surface area contributed by atoms with Crippen LogP contribution in [0.4, 0.5) is 4.39 Å². The summed E-state index contributed by atoms with van der Waals surface area (Å²) in [6, 6.07) is 0.253. The van der Waals surface area contributed by atoms with Crippen LogP contribution in [0.3, 0.4) is 0 Å². The molecule has 3 heterocycles. The number of allylic oxidation sites excluding steroid dienone is 3. The number of hydrogen-bond donors (Lipinski definition) is 1. The second kappa shape index (κ2) is 8.50. The molecule has 3 aliphatic rings. The molecule has 0 aromatic heterocycles. The highest BCUT2D eigenvalue weighted by atomic mass is 19.1. The first-order chi connectivity index (χ1) is 13.3. The van der Waals surface area contributed by atoms with Crippen molar-refractivity contribution in [2.45, 2.75) is 39.3 Å². The van der Waals surface area contributed by atoms with Crippen LogP contribution in [0, 0.1) is 17.8 Å². The standard InChI is InChI=1S/C22H31FN4O/c1-15(2)19-13-27-12-18(22(19)28)7-6-8-20(23)21(11-24-16(3)17(27)4)26-10-9-25(5)14-26/h13,16-18,24H,1,8-12,14H2,2-5H3/b21-20-. The van der Waals surface area contributed by atoms with Crippen LogP contribution in [0.2, 0.25) is 0 Å². The van der Waals surface area contributed by atoms with E-state index in [1.165, 1.54) is 0 Å². The van der Waals surface area contributed by atoms with Gasteiger partial charge in [0.2, 0.25) is 0 Å². The van der Waals surface area contributed by atoms with Gasteiger partial charge in [0.1, 0.15) is 11.7 Å². The van der Waals surface area contributed by atoms with Crippen LogP contribution in [0.15, 0.2) is 35.4 Å². The minimum Gasteiger partial charge on any atom is -0.371 e. The Labute approximate surface area is 167 Å². The second-order valence-corrected chi connectivity index (χ2v) is 8.18. The Morgan fingerprint density at radius 2 is 2.11 bits per heavy atom. The molecule has 6 heteroatoms. The van der Waals surface area contributed by atoms with Gasteiger partial charge in [-0.3, -0.25) is 9.69 Å². The van der Waals surface area contributed by atoms with Crippen LogP contribution in [-0.4, -0.2) is 72.5 Å². The number of ketones is 1. The topological polar surface area (TPSA) is 38.8 Å². The second-order valence-electron chi connectivity index (χ2n) is 8.18. The molecule has 152 valence electrons. The Kier molecular flexibility index (Phi) is 6.26. The number of rotatable bonds is 2. The van der Waals surface area contributed by atoms with Crippen molar-refractivity contribution in [1.82, 2.24) is 20.0 Å². The van der Waals surface area contributed by atoms with Gasteiger partial charge in [0, 0.05) is 50.0 Å². The van der Waals surface area contributed by atoms with Gasteiger partial charge < -0.3 is 15.1 Å². The molecule has 28 heavy (non-hydrogen) atoms. The average molecular weight is 387 g/mol. The fourth-order valence-corrected chi connectivity index (χ4v) is 3.87. The van der Waals surface area contributed by atoms with E-state index < -0.39 is 5.92 Å². The molecular weight excluding hydrogens is 355 g/mol. The third-order valence-corrected chi connectivity index (χ3v) is 5.95. The smallest absolute Gasteiger partial charge is 0.181 e. The van der Waals surface area contributed by atoms with Crippen molar-refractivity contribution in [3.8, 4) is 11.8 Å². The van der Waals surface area contributed by atoms with E-state index in [2.05, 4.69) is 52.3 Å². The van der Waals surface area contributed by atoms with Gasteiger partial charge in [-0.25, -0.2) is 4.39 Å². The van der Waals surface area contributed by atoms with E-state index >= 15 is 4.39 Å². The number of nitrogens with zero attached hydrogens (tertiary/aromatic N) is 3. The highest BCUT2D eigenvalue weighted by Gasteiger charge is 2.32. The number of fused-ring (bicyclic) bond motifs is 2. The molecule has 3 aliphatic heterocycles. The van der Waals surface area contributed by atoms with Gasteiger partial charge in [0.25, 0.3) is 0 Å². The van der Waals surface area contributed by atoms with Gasteiger partial charge in [-0.2, -0.15) is 0 Å². The molecule has 3 unspecified atom stereocenters. The molecule has 1 saturated heterocycles. The van der Waals surface area contributed by atoms with E-state index in [0.29, 0.717) is 24.4 Å². The van der Waals surface area contributed by atoms with Crippen LogP contribution in [0.25, 0.3) is 0 Å². The average Bonchev–Trinajstić information content (AvgIpc) is 3.07. The molecule has 0 radical (unpaired) electrons. The fraction of sp³-hybridized carbons (Fsp3) is 0.591. The van der Waals surface area contributed by atoms with Crippen LogP contribution in [0.5, 0.6) is 0 Å². The summed E-state index contributed by atoms with van der Waals surface area (Å²) in [4.78, 5) is 19.2. The third kappa shape index (κ3) is 4.31. The molecule has 3 rings (SSSR count). The summed E-state index contributed by atoms with van der Waals surface area (Å²) < 4.78 is 15.0. The van der Waals surface area contributed by atoms with Crippen molar-refractivity contribution in [2.75, 3.05) is 39.9 Å².